The zero-order chi connectivity index (χ0) is 18.1. The lowest BCUT2D eigenvalue weighted by molar-refractivity contribution is 0.0600. The van der Waals surface area contributed by atoms with E-state index in [1.54, 1.807) is 12.1 Å². The smallest absolute Gasteiger partial charge is 0.337 e. The Morgan fingerprint density at radius 2 is 1.62 bits per heavy atom. The van der Waals surface area contributed by atoms with Crippen LogP contribution in [-0.2, 0) is 11.2 Å². The quantitative estimate of drug-likeness (QED) is 0.796. The normalized spacial score (nSPS) is 15.9. The number of fused-ring (bicyclic) bond motifs is 1. The molecule has 0 atom stereocenters. The number of likely N-dealkylation sites (tertiary alicyclic amines) is 1. The third-order valence-corrected chi connectivity index (χ3v) is 5.22. The summed E-state index contributed by atoms with van der Waals surface area (Å²) in [5.74, 6) is -0.186. The highest BCUT2D eigenvalue weighted by Gasteiger charge is 2.24. The molecule has 1 amide bonds. The van der Waals surface area contributed by atoms with E-state index in [0.29, 0.717) is 5.56 Å². The Balaban J connectivity index is 1.56. The summed E-state index contributed by atoms with van der Waals surface area (Å²) < 4.78 is 4.75. The van der Waals surface area contributed by atoms with Gasteiger partial charge in [0.05, 0.1) is 12.7 Å². The number of nitrogens with zero attached hydrogens (tertiary/aromatic N) is 2. The fourth-order valence-corrected chi connectivity index (χ4v) is 3.80. The fourth-order valence-electron chi connectivity index (χ4n) is 3.80. The van der Waals surface area contributed by atoms with Crippen LogP contribution in [0.25, 0.3) is 0 Å². The molecule has 0 saturated carbocycles. The summed E-state index contributed by atoms with van der Waals surface area (Å²) in [6.45, 7) is 2.61. The first-order chi connectivity index (χ1) is 12.7. The summed E-state index contributed by atoms with van der Waals surface area (Å²) in [5, 5.41) is 0. The summed E-state index contributed by atoms with van der Waals surface area (Å²) in [6.07, 6.45) is 3.12. The Morgan fingerprint density at radius 3 is 2.31 bits per heavy atom. The number of anilines is 2. The van der Waals surface area contributed by atoms with Crippen molar-refractivity contribution in [1.29, 1.82) is 0 Å². The highest BCUT2D eigenvalue weighted by Crippen LogP contribution is 2.35. The molecule has 5 heteroatoms. The molecule has 1 fully saturated rings. The number of benzene rings is 2. The van der Waals surface area contributed by atoms with Crippen LogP contribution in [0.3, 0.4) is 0 Å². The predicted octanol–water partition coefficient (Wildman–Crippen LogP) is 3.40. The average molecular weight is 350 g/mol. The zero-order valence-electron chi connectivity index (χ0n) is 14.9. The molecular formula is C21H22N2O3. The average Bonchev–Trinajstić information content (AvgIpc) is 3.36. The number of amides is 1. The van der Waals surface area contributed by atoms with Crippen molar-refractivity contribution in [2.24, 2.45) is 0 Å². The van der Waals surface area contributed by atoms with Gasteiger partial charge in [0.15, 0.2) is 0 Å². The first kappa shape index (κ1) is 16.6. The van der Waals surface area contributed by atoms with E-state index < -0.39 is 0 Å². The molecule has 2 aliphatic heterocycles. The van der Waals surface area contributed by atoms with Gasteiger partial charge in [-0.15, -0.1) is 0 Å². The molecule has 4 rings (SSSR count). The fraction of sp³-hybridized carbons (Fsp3) is 0.333. The number of hydrogen-bond donors (Lipinski definition) is 0. The third kappa shape index (κ3) is 2.94. The maximum Gasteiger partial charge on any atom is 0.337 e. The van der Waals surface area contributed by atoms with Crippen molar-refractivity contribution in [2.45, 2.75) is 19.3 Å². The lowest BCUT2D eigenvalue weighted by Crippen LogP contribution is -2.27. The predicted molar refractivity (Wildman–Crippen MR) is 100 cm³/mol. The van der Waals surface area contributed by atoms with E-state index in [-0.39, 0.29) is 11.9 Å². The second kappa shape index (κ2) is 6.83. The van der Waals surface area contributed by atoms with Crippen LogP contribution in [0.2, 0.25) is 0 Å². The Labute approximate surface area is 153 Å². The standard InChI is InChI=1S/C21H22N2O3/c1-26-21(25)15-4-7-18(8-5-15)23-13-10-16-14-17(6-9-19(16)23)20(24)22-11-2-3-12-22/h4-9,14H,2-3,10-13H2,1H3. The Kier molecular flexibility index (Phi) is 4.37. The van der Waals surface area contributed by atoms with Gasteiger partial charge in [-0.3, -0.25) is 4.79 Å². The number of hydrogen-bond acceptors (Lipinski definition) is 4. The van der Waals surface area contributed by atoms with Crippen molar-refractivity contribution in [3.8, 4) is 0 Å². The van der Waals surface area contributed by atoms with Gasteiger partial charge in [0.25, 0.3) is 5.91 Å². The van der Waals surface area contributed by atoms with Crippen molar-refractivity contribution in [1.82, 2.24) is 4.90 Å². The van der Waals surface area contributed by atoms with Gasteiger partial charge in [-0.2, -0.15) is 0 Å². The van der Waals surface area contributed by atoms with Gasteiger partial charge in [0.2, 0.25) is 0 Å². The molecule has 2 aromatic rings. The molecule has 134 valence electrons. The van der Waals surface area contributed by atoms with Gasteiger partial charge in [0, 0.05) is 36.6 Å². The van der Waals surface area contributed by atoms with Crippen LogP contribution < -0.4 is 4.90 Å². The molecule has 0 radical (unpaired) electrons. The first-order valence-electron chi connectivity index (χ1n) is 9.05. The van der Waals surface area contributed by atoms with Crippen LogP contribution in [0.5, 0.6) is 0 Å². The molecule has 0 aliphatic carbocycles. The van der Waals surface area contributed by atoms with Crippen LogP contribution >= 0.6 is 0 Å². The van der Waals surface area contributed by atoms with Crippen molar-refractivity contribution in [3.05, 3.63) is 59.2 Å². The van der Waals surface area contributed by atoms with Gasteiger partial charge in [-0.05, 0) is 67.3 Å². The number of methoxy groups -OCH3 is 1. The molecule has 0 spiro atoms. The minimum absolute atomic E-state index is 0.145. The number of rotatable bonds is 3. The molecule has 2 heterocycles. The molecule has 0 N–H and O–H groups in total. The van der Waals surface area contributed by atoms with Gasteiger partial charge in [0.1, 0.15) is 0 Å². The molecule has 2 aliphatic rings. The second-order valence-electron chi connectivity index (χ2n) is 6.78. The minimum Gasteiger partial charge on any atom is -0.465 e. The summed E-state index contributed by atoms with van der Waals surface area (Å²) in [4.78, 5) is 28.3. The highest BCUT2D eigenvalue weighted by atomic mass is 16.5. The van der Waals surface area contributed by atoms with E-state index in [4.69, 9.17) is 4.74 Å². The van der Waals surface area contributed by atoms with E-state index in [0.717, 1.165) is 55.8 Å². The largest absolute Gasteiger partial charge is 0.465 e. The Morgan fingerprint density at radius 1 is 0.923 bits per heavy atom. The lowest BCUT2D eigenvalue weighted by Gasteiger charge is -2.20. The molecular weight excluding hydrogens is 328 g/mol. The van der Waals surface area contributed by atoms with Crippen molar-refractivity contribution < 1.29 is 14.3 Å². The lowest BCUT2D eigenvalue weighted by atomic mass is 10.1. The van der Waals surface area contributed by atoms with Gasteiger partial charge >= 0.3 is 5.97 Å². The highest BCUT2D eigenvalue weighted by molar-refractivity contribution is 5.95. The van der Waals surface area contributed by atoms with Crippen molar-refractivity contribution >= 4 is 23.3 Å². The zero-order valence-corrected chi connectivity index (χ0v) is 14.9. The van der Waals surface area contributed by atoms with Gasteiger partial charge in [-0.1, -0.05) is 0 Å². The molecule has 0 unspecified atom stereocenters. The summed E-state index contributed by atoms with van der Waals surface area (Å²) >= 11 is 0. The van der Waals surface area contributed by atoms with E-state index >= 15 is 0 Å². The minimum atomic E-state index is -0.330. The topological polar surface area (TPSA) is 49.9 Å². The van der Waals surface area contributed by atoms with Crippen molar-refractivity contribution in [3.63, 3.8) is 0 Å². The van der Waals surface area contributed by atoms with E-state index in [1.807, 2.05) is 35.2 Å². The Hall–Kier alpha value is -2.82. The van der Waals surface area contributed by atoms with Crippen LogP contribution in [0.4, 0.5) is 11.4 Å². The summed E-state index contributed by atoms with van der Waals surface area (Å²) in [5.41, 5.74) is 4.70. The molecule has 2 aromatic carbocycles. The number of carbonyl (C=O) groups excluding carboxylic acids is 2. The molecule has 26 heavy (non-hydrogen) atoms. The maximum absolute atomic E-state index is 12.6. The molecule has 5 nitrogen and oxygen atoms in total. The second-order valence-corrected chi connectivity index (χ2v) is 6.78. The van der Waals surface area contributed by atoms with Gasteiger partial charge < -0.3 is 14.5 Å². The number of esters is 1. The van der Waals surface area contributed by atoms with Crippen LogP contribution in [0.15, 0.2) is 42.5 Å². The molecule has 0 aromatic heterocycles. The maximum atomic E-state index is 12.6. The Bertz CT molecular complexity index is 839. The summed E-state index contributed by atoms with van der Waals surface area (Å²) in [7, 11) is 1.38. The van der Waals surface area contributed by atoms with E-state index in [2.05, 4.69) is 4.90 Å². The van der Waals surface area contributed by atoms with E-state index in [1.165, 1.54) is 12.7 Å². The number of ether oxygens (including phenoxy) is 1. The van der Waals surface area contributed by atoms with Crippen molar-refractivity contribution in [2.75, 3.05) is 31.6 Å². The third-order valence-electron chi connectivity index (χ3n) is 5.22. The van der Waals surface area contributed by atoms with E-state index in [9.17, 15) is 9.59 Å². The number of carbonyl (C=O) groups is 2. The first-order valence-corrected chi connectivity index (χ1v) is 9.05. The summed E-state index contributed by atoms with van der Waals surface area (Å²) in [6, 6.07) is 13.4. The van der Waals surface area contributed by atoms with Gasteiger partial charge in [-0.25, -0.2) is 4.79 Å². The monoisotopic (exact) mass is 350 g/mol. The van der Waals surface area contributed by atoms with Crippen LogP contribution in [-0.4, -0.2) is 43.5 Å². The molecule has 1 saturated heterocycles. The SMILES string of the molecule is COC(=O)c1ccc(N2CCc3cc(C(=O)N4CCCC4)ccc32)cc1. The molecule has 0 bridgehead atoms. The van der Waals surface area contributed by atoms with Crippen LogP contribution in [0, 0.1) is 0 Å². The van der Waals surface area contributed by atoms with Crippen LogP contribution in [0.1, 0.15) is 39.1 Å².